The van der Waals surface area contributed by atoms with Gasteiger partial charge in [0.15, 0.2) is 0 Å². The molecule has 0 rings (SSSR count). The third kappa shape index (κ3) is 9.46. The Kier molecular flexibility index (Phi) is 14.0. The second-order valence-electron chi connectivity index (χ2n) is 0.575. The molecule has 0 aliphatic rings. The Morgan fingerprint density at radius 3 is 1.12 bits per heavy atom. The minimum Gasteiger partial charge on any atom is -0.543 e. The largest absolute Gasteiger partial charge is 2.00 e. The van der Waals surface area contributed by atoms with Crippen LogP contribution < -0.4 is 10.2 Å². The van der Waals surface area contributed by atoms with E-state index in [1.165, 1.54) is 0 Å². The molecule has 0 N–H and O–H groups in total. The van der Waals surface area contributed by atoms with E-state index in [1.807, 2.05) is 0 Å². The predicted molar refractivity (Wildman–Crippen MR) is 10.0 cm³/mol. The Bertz CT molecular complexity index is 80.0. The second kappa shape index (κ2) is 7.13. The summed E-state index contributed by atoms with van der Waals surface area (Å²) in [6.07, 6.45) is 0. The molecule has 0 aromatic carbocycles. The van der Waals surface area contributed by atoms with Gasteiger partial charge in [0.1, 0.15) is 0 Å². The maximum absolute atomic E-state index is 8.93. The quantitative estimate of drug-likeness (QED) is 0.326. The number of aliphatic carboxylic acids is 2. The third-order valence-corrected chi connectivity index (χ3v) is 0.167. The van der Waals surface area contributed by atoms with E-state index >= 15 is 0 Å². The molecule has 0 fully saturated rings. The maximum atomic E-state index is 8.93. The van der Waals surface area contributed by atoms with Crippen molar-refractivity contribution in [1.29, 1.82) is 0 Å². The van der Waals surface area contributed by atoms with Gasteiger partial charge in [-0.25, -0.2) is 0 Å². The van der Waals surface area contributed by atoms with Crippen molar-refractivity contribution in [2.45, 2.75) is 0 Å². The van der Waals surface area contributed by atoms with Crippen LogP contribution in [0.25, 0.3) is 0 Å². The summed E-state index contributed by atoms with van der Waals surface area (Å²) < 4.78 is 0. The van der Waals surface area contributed by atoms with Gasteiger partial charge in [-0.2, -0.15) is 0 Å². The average Bonchev–Trinajstić information content (AvgIpc) is 1.36. The van der Waals surface area contributed by atoms with Crippen LogP contribution in [-0.4, -0.2) is 11.9 Å². The third-order valence-electron chi connectivity index (χ3n) is 0.167. The van der Waals surface area contributed by atoms with E-state index in [9.17, 15) is 0 Å². The maximum Gasteiger partial charge on any atom is 2.00 e. The summed E-state index contributed by atoms with van der Waals surface area (Å²) in [5.74, 6) is -4.37. The molecule has 0 unspecified atom stereocenters. The first-order valence-corrected chi connectivity index (χ1v) is 1.07. The van der Waals surface area contributed by atoms with Gasteiger partial charge in [-0.15, -0.1) is 0 Å². The van der Waals surface area contributed by atoms with Crippen molar-refractivity contribution in [1.82, 2.24) is 0 Å². The van der Waals surface area contributed by atoms with Crippen molar-refractivity contribution in [3.8, 4) is 0 Å². The average molecular weight is 243 g/mol. The van der Waals surface area contributed by atoms with Gasteiger partial charge in [0.25, 0.3) is 0 Å². The van der Waals surface area contributed by atoms with E-state index in [0.29, 0.717) is 0 Å². The van der Waals surface area contributed by atoms with Gasteiger partial charge < -0.3 is 19.8 Å². The Hall–Kier alpha value is 0.135. The predicted octanol–water partition coefficient (Wildman–Crippen LogP) is -3.52. The van der Waals surface area contributed by atoms with Gasteiger partial charge >= 0.3 is 16.8 Å². The van der Waals surface area contributed by atoms with Crippen LogP contribution >= 0.6 is 0 Å². The van der Waals surface area contributed by atoms with Crippen LogP contribution in [0.5, 0.6) is 0 Å². The molecule has 0 saturated heterocycles. The molecular weight excluding hydrogens is 243 g/mol. The van der Waals surface area contributed by atoms with Crippen LogP contribution in [0, 0.1) is 0 Å². The van der Waals surface area contributed by atoms with E-state index in [0.717, 1.165) is 0 Å². The molecule has 0 spiro atoms. The van der Waals surface area contributed by atoms with E-state index in [2.05, 4.69) is 0 Å². The number of carboxylic acid groups (broad SMARTS) is 2. The summed E-state index contributed by atoms with van der Waals surface area (Å²) in [6, 6.07) is 0. The number of carboxylic acids is 2. The fraction of sp³-hybridized carbons (Fsp3) is 0. The van der Waals surface area contributed by atoms with Gasteiger partial charge in [-0.3, -0.25) is 0 Å². The van der Waals surface area contributed by atoms with E-state index in [1.54, 1.807) is 0 Å². The molecule has 0 amide bonds. The molecular formula is C2CoMoO4. The molecule has 0 aliphatic heterocycles. The molecule has 8 heavy (non-hydrogen) atoms. The minimum atomic E-state index is -2.19. The van der Waals surface area contributed by atoms with Crippen molar-refractivity contribution in [2.24, 2.45) is 0 Å². The Morgan fingerprint density at radius 1 is 1.00 bits per heavy atom. The molecule has 47 valence electrons. The van der Waals surface area contributed by atoms with Crippen molar-refractivity contribution in [2.75, 3.05) is 0 Å². The van der Waals surface area contributed by atoms with Crippen LogP contribution in [0.15, 0.2) is 0 Å². The van der Waals surface area contributed by atoms with Crippen molar-refractivity contribution >= 4 is 11.9 Å². The standard InChI is InChI=1S/C2H2O4.Co.Mo/c3-1(4)2(5)6;;/h(H,3,4)(H,5,6);;/q;+2;/p-2. The topological polar surface area (TPSA) is 80.3 Å². The van der Waals surface area contributed by atoms with E-state index in [-0.39, 0.29) is 37.8 Å². The number of hydrogen-bond donors (Lipinski definition) is 0. The summed E-state index contributed by atoms with van der Waals surface area (Å²) in [5, 5.41) is 17.9. The van der Waals surface area contributed by atoms with Crippen molar-refractivity contribution in [3.05, 3.63) is 0 Å². The summed E-state index contributed by atoms with van der Waals surface area (Å²) in [6.45, 7) is 0. The fourth-order valence-electron chi connectivity index (χ4n) is 0. The van der Waals surface area contributed by atoms with Crippen LogP contribution in [0.4, 0.5) is 0 Å². The van der Waals surface area contributed by atoms with Crippen LogP contribution in [0.3, 0.4) is 0 Å². The van der Waals surface area contributed by atoms with Gasteiger partial charge in [0, 0.05) is 21.1 Å². The monoisotopic (exact) mass is 245 g/mol. The number of carbonyl (C=O) groups excluding carboxylic acids is 2. The molecule has 1 radical (unpaired) electrons. The summed E-state index contributed by atoms with van der Waals surface area (Å²) in [7, 11) is 0. The summed E-state index contributed by atoms with van der Waals surface area (Å²) in [4.78, 5) is 17.9. The van der Waals surface area contributed by atoms with E-state index < -0.39 is 11.9 Å². The molecule has 0 atom stereocenters. The first-order chi connectivity index (χ1) is 2.64. The van der Waals surface area contributed by atoms with E-state index in [4.69, 9.17) is 19.8 Å². The van der Waals surface area contributed by atoms with Crippen molar-refractivity contribution < 1.29 is 57.6 Å². The zero-order valence-corrected chi connectivity index (χ0v) is 6.42. The SMILES string of the molecule is O=C([O-])C(=O)[O-].[Co+2].[Mo]. The molecule has 6 heteroatoms. The molecule has 0 aromatic heterocycles. The number of hydrogen-bond acceptors (Lipinski definition) is 4. The first kappa shape index (κ1) is 15.7. The van der Waals surface area contributed by atoms with Crippen LogP contribution in [-0.2, 0) is 47.4 Å². The number of carbonyl (C=O) groups is 2. The fourth-order valence-corrected chi connectivity index (χ4v) is 0. The van der Waals surface area contributed by atoms with Gasteiger partial charge in [-0.05, 0) is 0 Å². The van der Waals surface area contributed by atoms with Gasteiger partial charge in [0.05, 0.1) is 11.9 Å². The summed E-state index contributed by atoms with van der Waals surface area (Å²) in [5.41, 5.74) is 0. The zero-order chi connectivity index (χ0) is 5.15. The molecule has 0 aliphatic carbocycles. The van der Waals surface area contributed by atoms with Crippen LogP contribution in [0.2, 0.25) is 0 Å². The Balaban J connectivity index is -0.000000125. The minimum absolute atomic E-state index is 0. The zero-order valence-electron chi connectivity index (χ0n) is 3.37. The smallest absolute Gasteiger partial charge is 0.543 e. The molecule has 0 bridgehead atoms. The molecule has 0 aromatic rings. The van der Waals surface area contributed by atoms with Crippen LogP contribution in [0.1, 0.15) is 0 Å². The van der Waals surface area contributed by atoms with Gasteiger partial charge in [0.2, 0.25) is 0 Å². The molecule has 0 saturated carbocycles. The van der Waals surface area contributed by atoms with Gasteiger partial charge in [-0.1, -0.05) is 0 Å². The Morgan fingerprint density at radius 2 is 1.12 bits per heavy atom. The number of rotatable bonds is 0. The molecule has 0 heterocycles. The first-order valence-electron chi connectivity index (χ1n) is 1.07. The molecule has 4 nitrogen and oxygen atoms in total. The van der Waals surface area contributed by atoms with Crippen molar-refractivity contribution in [3.63, 3.8) is 0 Å². The Labute approximate surface area is 69.7 Å². The summed E-state index contributed by atoms with van der Waals surface area (Å²) >= 11 is 0. The normalized spacial score (nSPS) is 5.50. The second-order valence-corrected chi connectivity index (χ2v) is 0.575.